The molecule has 20 heavy (non-hydrogen) atoms. The molecule has 3 fully saturated rings. The molecule has 1 saturated carbocycles. The number of nitrogens with two attached hydrogens (primary N) is 1. The van der Waals surface area contributed by atoms with E-state index in [4.69, 9.17) is 5.73 Å². The normalized spacial score (nSPS) is 40.6. The van der Waals surface area contributed by atoms with Crippen molar-refractivity contribution in [2.24, 2.45) is 11.7 Å². The molecule has 112 valence electrons. The van der Waals surface area contributed by atoms with Crippen molar-refractivity contribution in [2.75, 3.05) is 6.54 Å². The molecule has 3 rings (SSSR count). The number of carbonyl (C=O) groups is 2. The molecule has 6 nitrogen and oxygen atoms in total. The van der Waals surface area contributed by atoms with Crippen LogP contribution in [0.1, 0.15) is 38.5 Å². The van der Waals surface area contributed by atoms with Crippen LogP contribution in [-0.4, -0.2) is 52.6 Å². The van der Waals surface area contributed by atoms with Crippen LogP contribution in [0.2, 0.25) is 0 Å². The van der Waals surface area contributed by atoms with Crippen LogP contribution in [0.3, 0.4) is 0 Å². The van der Waals surface area contributed by atoms with Crippen molar-refractivity contribution in [2.45, 2.75) is 62.8 Å². The van der Waals surface area contributed by atoms with Gasteiger partial charge in [-0.05, 0) is 25.2 Å². The standard InChI is InChI=1S/C14H23N3O3/c15-13(19)12-6-9(18)7-17(12)14(20)11-5-8-3-1-2-4-10(8)16-11/h8-12,16,18H,1-7H2,(H2,15,19). The molecule has 0 spiro atoms. The first kappa shape index (κ1) is 13.8. The minimum Gasteiger partial charge on any atom is -0.391 e. The Bertz CT molecular complexity index is 400. The van der Waals surface area contributed by atoms with E-state index in [-0.39, 0.29) is 24.9 Å². The molecule has 5 unspecified atom stereocenters. The number of β-amino-alcohol motifs (C(OH)–C–C–N with tert-alkyl or cyclic N) is 1. The number of amides is 2. The molecule has 0 aromatic carbocycles. The van der Waals surface area contributed by atoms with Crippen molar-refractivity contribution < 1.29 is 14.7 Å². The molecular formula is C14H23N3O3. The molecule has 4 N–H and O–H groups in total. The van der Waals surface area contributed by atoms with E-state index in [9.17, 15) is 14.7 Å². The zero-order valence-corrected chi connectivity index (χ0v) is 11.6. The monoisotopic (exact) mass is 281 g/mol. The summed E-state index contributed by atoms with van der Waals surface area (Å²) in [7, 11) is 0. The molecule has 5 atom stereocenters. The second-order valence-electron chi connectivity index (χ2n) is 6.40. The molecule has 0 radical (unpaired) electrons. The summed E-state index contributed by atoms with van der Waals surface area (Å²) in [5, 5.41) is 13.1. The highest BCUT2D eigenvalue weighted by Gasteiger charge is 2.44. The molecule has 2 aliphatic heterocycles. The molecule has 0 aromatic rings. The van der Waals surface area contributed by atoms with Crippen LogP contribution in [0, 0.1) is 5.92 Å². The highest BCUT2D eigenvalue weighted by atomic mass is 16.3. The van der Waals surface area contributed by atoms with Gasteiger partial charge in [0.2, 0.25) is 11.8 Å². The van der Waals surface area contributed by atoms with Crippen molar-refractivity contribution in [3.05, 3.63) is 0 Å². The van der Waals surface area contributed by atoms with Gasteiger partial charge >= 0.3 is 0 Å². The Kier molecular flexibility index (Phi) is 3.69. The van der Waals surface area contributed by atoms with Gasteiger partial charge in [-0.1, -0.05) is 12.8 Å². The van der Waals surface area contributed by atoms with Gasteiger partial charge in [0.15, 0.2) is 0 Å². The average molecular weight is 281 g/mol. The minimum absolute atomic E-state index is 0.0697. The Hall–Kier alpha value is -1.14. The maximum atomic E-state index is 12.6. The summed E-state index contributed by atoms with van der Waals surface area (Å²) in [6, 6.07) is -0.422. The highest BCUT2D eigenvalue weighted by Crippen LogP contribution is 2.34. The summed E-state index contributed by atoms with van der Waals surface area (Å²) in [6.07, 6.45) is 5.26. The van der Waals surface area contributed by atoms with Crippen LogP contribution < -0.4 is 11.1 Å². The maximum absolute atomic E-state index is 12.6. The lowest BCUT2D eigenvalue weighted by Crippen LogP contribution is -2.50. The lowest BCUT2D eigenvalue weighted by atomic mass is 9.85. The van der Waals surface area contributed by atoms with Gasteiger partial charge in [-0.2, -0.15) is 0 Å². The van der Waals surface area contributed by atoms with Gasteiger partial charge in [0.05, 0.1) is 12.1 Å². The van der Waals surface area contributed by atoms with E-state index in [1.807, 2.05) is 0 Å². The molecule has 6 heteroatoms. The van der Waals surface area contributed by atoms with E-state index in [1.165, 1.54) is 24.2 Å². The number of hydrogen-bond donors (Lipinski definition) is 3. The number of nitrogens with one attached hydrogen (secondary N) is 1. The van der Waals surface area contributed by atoms with E-state index in [0.29, 0.717) is 12.0 Å². The SMILES string of the molecule is NC(=O)C1CC(O)CN1C(=O)C1CC2CCCCC2N1. The van der Waals surface area contributed by atoms with Gasteiger partial charge < -0.3 is 21.1 Å². The van der Waals surface area contributed by atoms with Gasteiger partial charge in [0.25, 0.3) is 0 Å². The van der Waals surface area contributed by atoms with E-state index in [0.717, 1.165) is 12.8 Å². The molecule has 2 amide bonds. The predicted octanol–water partition coefficient (Wildman–Crippen LogP) is -0.646. The molecule has 0 bridgehead atoms. The zero-order chi connectivity index (χ0) is 14.3. The Morgan fingerprint density at radius 3 is 2.65 bits per heavy atom. The summed E-state index contributed by atoms with van der Waals surface area (Å²) < 4.78 is 0. The Labute approximate surface area is 118 Å². The smallest absolute Gasteiger partial charge is 0.240 e. The minimum atomic E-state index is -0.651. The van der Waals surface area contributed by atoms with Crippen LogP contribution in [-0.2, 0) is 9.59 Å². The fourth-order valence-electron chi connectivity index (χ4n) is 4.04. The van der Waals surface area contributed by atoms with Crippen molar-refractivity contribution in [3.63, 3.8) is 0 Å². The molecule has 2 saturated heterocycles. The van der Waals surface area contributed by atoms with Gasteiger partial charge in [-0.3, -0.25) is 9.59 Å². The van der Waals surface area contributed by atoms with Gasteiger partial charge in [-0.25, -0.2) is 0 Å². The first-order valence-corrected chi connectivity index (χ1v) is 7.60. The number of primary amides is 1. The van der Waals surface area contributed by atoms with Crippen molar-refractivity contribution in [3.8, 4) is 0 Å². The molecule has 1 aliphatic carbocycles. The number of nitrogens with zero attached hydrogens (tertiary/aromatic N) is 1. The topological polar surface area (TPSA) is 95.7 Å². The summed E-state index contributed by atoms with van der Waals surface area (Å²) >= 11 is 0. The number of hydrogen-bond acceptors (Lipinski definition) is 4. The lowest BCUT2D eigenvalue weighted by molar-refractivity contribution is -0.138. The van der Waals surface area contributed by atoms with Gasteiger partial charge in [0.1, 0.15) is 6.04 Å². The molecule has 0 aromatic heterocycles. The Morgan fingerprint density at radius 2 is 1.95 bits per heavy atom. The van der Waals surface area contributed by atoms with Crippen molar-refractivity contribution in [1.29, 1.82) is 0 Å². The summed E-state index contributed by atoms with van der Waals surface area (Å²) in [6.45, 7) is 0.222. The summed E-state index contributed by atoms with van der Waals surface area (Å²) in [4.78, 5) is 25.5. The number of fused-ring (bicyclic) bond motifs is 1. The van der Waals surface area contributed by atoms with E-state index in [1.54, 1.807) is 0 Å². The van der Waals surface area contributed by atoms with Crippen LogP contribution in [0.25, 0.3) is 0 Å². The van der Waals surface area contributed by atoms with Gasteiger partial charge in [0, 0.05) is 19.0 Å². The molecule has 3 aliphatic rings. The van der Waals surface area contributed by atoms with E-state index in [2.05, 4.69) is 5.32 Å². The van der Waals surface area contributed by atoms with Crippen molar-refractivity contribution >= 4 is 11.8 Å². The Balaban J connectivity index is 1.68. The fraction of sp³-hybridized carbons (Fsp3) is 0.857. The first-order valence-electron chi connectivity index (χ1n) is 7.60. The number of aliphatic hydroxyl groups is 1. The number of carbonyl (C=O) groups excluding carboxylic acids is 2. The molecule has 2 heterocycles. The maximum Gasteiger partial charge on any atom is 0.240 e. The quantitative estimate of drug-likeness (QED) is 0.627. The second kappa shape index (κ2) is 5.33. The number of aliphatic hydroxyl groups excluding tert-OH is 1. The zero-order valence-electron chi connectivity index (χ0n) is 11.6. The third-order valence-electron chi connectivity index (χ3n) is 5.05. The van der Waals surface area contributed by atoms with Crippen LogP contribution >= 0.6 is 0 Å². The molecular weight excluding hydrogens is 258 g/mol. The number of likely N-dealkylation sites (tertiary alicyclic amines) is 1. The van der Waals surface area contributed by atoms with Crippen LogP contribution in [0.15, 0.2) is 0 Å². The number of rotatable bonds is 2. The third-order valence-corrected chi connectivity index (χ3v) is 5.05. The predicted molar refractivity (Wildman–Crippen MR) is 72.6 cm³/mol. The van der Waals surface area contributed by atoms with E-state index < -0.39 is 18.1 Å². The third kappa shape index (κ3) is 2.42. The first-order chi connectivity index (χ1) is 9.56. The van der Waals surface area contributed by atoms with Gasteiger partial charge in [-0.15, -0.1) is 0 Å². The summed E-state index contributed by atoms with van der Waals surface area (Å²) in [5.41, 5.74) is 5.34. The van der Waals surface area contributed by atoms with Crippen molar-refractivity contribution in [1.82, 2.24) is 10.2 Å². The van der Waals surface area contributed by atoms with E-state index >= 15 is 0 Å². The Morgan fingerprint density at radius 1 is 1.20 bits per heavy atom. The average Bonchev–Trinajstić information content (AvgIpc) is 3.01. The van der Waals surface area contributed by atoms with Crippen LogP contribution in [0.5, 0.6) is 0 Å². The highest BCUT2D eigenvalue weighted by molar-refractivity contribution is 5.90. The summed E-state index contributed by atoms with van der Waals surface area (Å²) in [5.74, 6) is -0.0117. The lowest BCUT2D eigenvalue weighted by Gasteiger charge is -2.26. The fourth-order valence-corrected chi connectivity index (χ4v) is 4.04. The van der Waals surface area contributed by atoms with Crippen LogP contribution in [0.4, 0.5) is 0 Å². The largest absolute Gasteiger partial charge is 0.391 e. The second-order valence-corrected chi connectivity index (χ2v) is 6.40.